The molecule has 1 aliphatic heterocycles. The number of hydrogen-bond donors (Lipinski definition) is 2. The first-order valence-corrected chi connectivity index (χ1v) is 8.82. The highest BCUT2D eigenvalue weighted by Crippen LogP contribution is 2.25. The smallest absolute Gasteiger partial charge is 0.191 e. The average molecular weight is 425 g/mol. The predicted octanol–water partition coefficient (Wildman–Crippen LogP) is 3.53. The summed E-state index contributed by atoms with van der Waals surface area (Å²) in [7, 11) is 1.84. The van der Waals surface area contributed by atoms with Gasteiger partial charge in [-0.05, 0) is 30.0 Å². The van der Waals surface area contributed by atoms with Crippen molar-refractivity contribution in [3.05, 3.63) is 22.4 Å². The molecule has 1 aromatic heterocycles. The van der Waals surface area contributed by atoms with E-state index in [0.29, 0.717) is 5.92 Å². The maximum Gasteiger partial charge on any atom is 0.191 e. The minimum atomic E-state index is 0. The van der Waals surface area contributed by atoms with Gasteiger partial charge >= 0.3 is 0 Å². The number of guanidine groups is 1. The Kier molecular flexibility index (Phi) is 8.95. The number of aliphatic imine (C=N–C) groups is 1. The van der Waals surface area contributed by atoms with Crippen molar-refractivity contribution in [3.8, 4) is 0 Å². The molecule has 3 nitrogen and oxygen atoms in total. The zero-order chi connectivity index (χ0) is 13.5. The van der Waals surface area contributed by atoms with Crippen molar-refractivity contribution in [1.29, 1.82) is 0 Å². The summed E-state index contributed by atoms with van der Waals surface area (Å²) >= 11 is 3.89. The van der Waals surface area contributed by atoms with Crippen LogP contribution in [-0.4, -0.2) is 37.1 Å². The van der Waals surface area contributed by atoms with E-state index in [9.17, 15) is 0 Å². The van der Waals surface area contributed by atoms with Gasteiger partial charge in [0.2, 0.25) is 0 Å². The molecule has 20 heavy (non-hydrogen) atoms. The van der Waals surface area contributed by atoms with Gasteiger partial charge in [0.1, 0.15) is 0 Å². The lowest BCUT2D eigenvalue weighted by atomic mass is 10.1. The van der Waals surface area contributed by atoms with Crippen molar-refractivity contribution in [2.75, 3.05) is 25.9 Å². The fraction of sp³-hybridized carbons (Fsp3) is 0.643. The molecule has 1 saturated heterocycles. The Morgan fingerprint density at radius 2 is 2.35 bits per heavy atom. The molecule has 1 aliphatic rings. The third-order valence-corrected chi connectivity index (χ3v) is 5.85. The highest BCUT2D eigenvalue weighted by atomic mass is 127. The highest BCUT2D eigenvalue weighted by molar-refractivity contribution is 14.0. The first-order chi connectivity index (χ1) is 9.29. The lowest BCUT2D eigenvalue weighted by Gasteiger charge is -2.17. The van der Waals surface area contributed by atoms with E-state index in [2.05, 4.69) is 51.8 Å². The summed E-state index contributed by atoms with van der Waals surface area (Å²) in [6.07, 6.45) is 2.69. The molecule has 114 valence electrons. The molecule has 2 heterocycles. The SMILES string of the molecule is CN=C(NCC1CCCS1)NCC(C)c1cccs1.I. The number of thiophene rings is 1. The van der Waals surface area contributed by atoms with Crippen LogP contribution < -0.4 is 10.6 Å². The van der Waals surface area contributed by atoms with Crippen LogP contribution >= 0.6 is 47.1 Å². The fourth-order valence-corrected chi connectivity index (χ4v) is 4.15. The fourth-order valence-electron chi connectivity index (χ4n) is 2.16. The molecule has 2 N–H and O–H groups in total. The Morgan fingerprint density at radius 3 is 2.95 bits per heavy atom. The van der Waals surface area contributed by atoms with Gasteiger partial charge in [-0.2, -0.15) is 11.8 Å². The highest BCUT2D eigenvalue weighted by Gasteiger charge is 2.15. The van der Waals surface area contributed by atoms with Gasteiger partial charge in [-0.3, -0.25) is 4.99 Å². The van der Waals surface area contributed by atoms with Gasteiger partial charge in [-0.1, -0.05) is 13.0 Å². The van der Waals surface area contributed by atoms with Crippen LogP contribution in [0.15, 0.2) is 22.5 Å². The van der Waals surface area contributed by atoms with Gasteiger partial charge in [-0.25, -0.2) is 0 Å². The van der Waals surface area contributed by atoms with Crippen molar-refractivity contribution >= 4 is 53.0 Å². The molecule has 0 spiro atoms. The Balaban J connectivity index is 0.00000200. The molecule has 1 aromatic rings. The van der Waals surface area contributed by atoms with Crippen LogP contribution in [0.2, 0.25) is 0 Å². The Morgan fingerprint density at radius 1 is 1.50 bits per heavy atom. The largest absolute Gasteiger partial charge is 0.356 e. The third-order valence-electron chi connectivity index (χ3n) is 3.35. The summed E-state index contributed by atoms with van der Waals surface area (Å²) in [5, 5.41) is 9.74. The molecule has 0 aliphatic carbocycles. The van der Waals surface area contributed by atoms with E-state index in [1.807, 2.05) is 18.4 Å². The topological polar surface area (TPSA) is 36.4 Å². The van der Waals surface area contributed by atoms with Gasteiger partial charge in [-0.15, -0.1) is 35.3 Å². The minimum Gasteiger partial charge on any atom is -0.356 e. The molecule has 2 unspecified atom stereocenters. The minimum absolute atomic E-state index is 0. The average Bonchev–Trinajstić information content (AvgIpc) is 3.11. The summed E-state index contributed by atoms with van der Waals surface area (Å²) < 4.78 is 0. The van der Waals surface area contributed by atoms with E-state index in [-0.39, 0.29) is 24.0 Å². The number of hydrogen-bond acceptors (Lipinski definition) is 3. The van der Waals surface area contributed by atoms with Crippen LogP contribution in [0.4, 0.5) is 0 Å². The summed E-state index contributed by atoms with van der Waals surface area (Å²) in [5.74, 6) is 2.77. The second-order valence-corrected chi connectivity index (χ2v) is 7.27. The normalized spacial score (nSPS) is 20.3. The maximum absolute atomic E-state index is 4.29. The van der Waals surface area contributed by atoms with Crippen LogP contribution in [0, 0.1) is 0 Å². The molecule has 6 heteroatoms. The second-order valence-electron chi connectivity index (χ2n) is 4.89. The number of nitrogens with zero attached hydrogens (tertiary/aromatic N) is 1. The number of thioether (sulfide) groups is 1. The standard InChI is InChI=1S/C14H23N3S2.HI/c1-11(13-6-4-8-19-13)9-16-14(15-2)17-10-12-5-3-7-18-12;/h4,6,8,11-12H,3,5,7,9-10H2,1-2H3,(H2,15,16,17);1H. The molecular weight excluding hydrogens is 401 g/mol. The number of halogens is 1. The van der Waals surface area contributed by atoms with Crippen molar-refractivity contribution in [2.45, 2.75) is 30.9 Å². The summed E-state index contributed by atoms with van der Waals surface area (Å²) in [6.45, 7) is 4.20. The zero-order valence-corrected chi connectivity index (χ0v) is 16.1. The van der Waals surface area contributed by atoms with E-state index < -0.39 is 0 Å². The van der Waals surface area contributed by atoms with E-state index in [1.54, 1.807) is 0 Å². The van der Waals surface area contributed by atoms with E-state index in [0.717, 1.165) is 24.3 Å². The number of rotatable bonds is 5. The van der Waals surface area contributed by atoms with Crippen LogP contribution in [0.5, 0.6) is 0 Å². The van der Waals surface area contributed by atoms with Gasteiger partial charge in [0.15, 0.2) is 5.96 Å². The molecule has 0 radical (unpaired) electrons. The van der Waals surface area contributed by atoms with Crippen molar-refractivity contribution in [1.82, 2.24) is 10.6 Å². The maximum atomic E-state index is 4.29. The molecule has 2 atom stereocenters. The van der Waals surface area contributed by atoms with Crippen LogP contribution in [0.25, 0.3) is 0 Å². The summed E-state index contributed by atoms with van der Waals surface area (Å²) in [5.41, 5.74) is 0. The molecule has 2 rings (SSSR count). The Labute approximate surface area is 147 Å². The van der Waals surface area contributed by atoms with Gasteiger partial charge in [0.25, 0.3) is 0 Å². The number of nitrogens with one attached hydrogen (secondary N) is 2. The zero-order valence-electron chi connectivity index (χ0n) is 12.1. The van der Waals surface area contributed by atoms with E-state index in [1.165, 1.54) is 23.5 Å². The lowest BCUT2D eigenvalue weighted by molar-refractivity contribution is 0.692. The molecule has 1 fully saturated rings. The predicted molar refractivity (Wildman–Crippen MR) is 103 cm³/mol. The van der Waals surface area contributed by atoms with Gasteiger partial charge < -0.3 is 10.6 Å². The quantitative estimate of drug-likeness (QED) is 0.431. The monoisotopic (exact) mass is 425 g/mol. The molecule has 0 amide bonds. The van der Waals surface area contributed by atoms with Crippen molar-refractivity contribution < 1.29 is 0 Å². The summed E-state index contributed by atoms with van der Waals surface area (Å²) in [4.78, 5) is 5.72. The summed E-state index contributed by atoms with van der Waals surface area (Å²) in [6, 6.07) is 4.31. The molecule has 0 aromatic carbocycles. The van der Waals surface area contributed by atoms with Gasteiger partial charge in [0.05, 0.1) is 0 Å². The van der Waals surface area contributed by atoms with Crippen LogP contribution in [0.1, 0.15) is 30.6 Å². The Hall–Kier alpha value is 0.0500. The third kappa shape index (κ3) is 5.81. The molecular formula is C14H24IN3S2. The molecule has 0 saturated carbocycles. The first kappa shape index (κ1) is 18.1. The van der Waals surface area contributed by atoms with E-state index >= 15 is 0 Å². The Bertz CT molecular complexity index is 389. The first-order valence-electron chi connectivity index (χ1n) is 6.89. The van der Waals surface area contributed by atoms with E-state index in [4.69, 9.17) is 0 Å². The van der Waals surface area contributed by atoms with Crippen LogP contribution in [-0.2, 0) is 0 Å². The van der Waals surface area contributed by atoms with Crippen molar-refractivity contribution in [2.24, 2.45) is 4.99 Å². The van der Waals surface area contributed by atoms with Gasteiger partial charge in [0, 0.05) is 36.2 Å². The molecule has 0 bridgehead atoms. The van der Waals surface area contributed by atoms with Crippen molar-refractivity contribution in [3.63, 3.8) is 0 Å². The lowest BCUT2D eigenvalue weighted by Crippen LogP contribution is -2.41. The second kappa shape index (κ2) is 9.89. The van der Waals surface area contributed by atoms with Crippen LogP contribution in [0.3, 0.4) is 0 Å².